The first-order valence-corrected chi connectivity index (χ1v) is 7.27. The van der Waals surface area contributed by atoms with Crippen molar-refractivity contribution in [2.75, 3.05) is 25.0 Å². The van der Waals surface area contributed by atoms with E-state index < -0.39 is 0 Å². The normalized spacial score (nSPS) is 16.8. The Morgan fingerprint density at radius 3 is 2.95 bits per heavy atom. The van der Waals surface area contributed by atoms with E-state index in [-0.39, 0.29) is 11.8 Å². The quantitative estimate of drug-likeness (QED) is 0.906. The molecule has 0 atom stereocenters. The molecular weight excluding hydrogens is 260 g/mol. The molecule has 5 nitrogen and oxygen atoms in total. The SMILES string of the molecule is CNC(=O)C1CCN(c2nc3cccnc3s2)CC1. The smallest absolute Gasteiger partial charge is 0.222 e. The molecule has 1 aliphatic rings. The van der Waals surface area contributed by atoms with Gasteiger partial charge in [0.15, 0.2) is 5.13 Å². The van der Waals surface area contributed by atoms with Crippen molar-refractivity contribution in [3.63, 3.8) is 0 Å². The molecule has 0 saturated carbocycles. The van der Waals surface area contributed by atoms with Gasteiger partial charge in [-0.15, -0.1) is 0 Å². The number of hydrogen-bond donors (Lipinski definition) is 1. The second kappa shape index (κ2) is 5.13. The molecule has 1 N–H and O–H groups in total. The monoisotopic (exact) mass is 276 g/mol. The zero-order chi connectivity index (χ0) is 13.2. The number of amides is 1. The van der Waals surface area contributed by atoms with Gasteiger partial charge in [-0.05, 0) is 25.0 Å². The maximum Gasteiger partial charge on any atom is 0.222 e. The number of carbonyl (C=O) groups excluding carboxylic acids is 1. The van der Waals surface area contributed by atoms with Gasteiger partial charge in [0.2, 0.25) is 5.91 Å². The van der Waals surface area contributed by atoms with Gasteiger partial charge in [0.1, 0.15) is 10.3 Å². The number of anilines is 1. The molecule has 2 aromatic rings. The first-order valence-electron chi connectivity index (χ1n) is 6.46. The Morgan fingerprint density at radius 1 is 1.47 bits per heavy atom. The summed E-state index contributed by atoms with van der Waals surface area (Å²) in [5.41, 5.74) is 0.955. The second-order valence-corrected chi connectivity index (χ2v) is 5.66. The minimum absolute atomic E-state index is 0.147. The Bertz CT molecular complexity index is 556. The zero-order valence-electron chi connectivity index (χ0n) is 10.8. The largest absolute Gasteiger partial charge is 0.359 e. The number of piperidine rings is 1. The Hall–Kier alpha value is -1.69. The van der Waals surface area contributed by atoms with Gasteiger partial charge >= 0.3 is 0 Å². The number of nitrogens with zero attached hydrogens (tertiary/aromatic N) is 3. The van der Waals surface area contributed by atoms with Gasteiger partial charge in [-0.2, -0.15) is 0 Å². The van der Waals surface area contributed by atoms with Crippen molar-refractivity contribution in [3.8, 4) is 0 Å². The molecule has 6 heteroatoms. The summed E-state index contributed by atoms with van der Waals surface area (Å²) in [6, 6.07) is 3.89. The number of hydrogen-bond acceptors (Lipinski definition) is 5. The maximum absolute atomic E-state index is 11.6. The van der Waals surface area contributed by atoms with Crippen molar-refractivity contribution < 1.29 is 4.79 Å². The van der Waals surface area contributed by atoms with Crippen molar-refractivity contribution in [1.29, 1.82) is 0 Å². The molecule has 1 aliphatic heterocycles. The van der Waals surface area contributed by atoms with E-state index in [0.717, 1.165) is 41.4 Å². The number of fused-ring (bicyclic) bond motifs is 1. The summed E-state index contributed by atoms with van der Waals surface area (Å²) in [7, 11) is 1.70. The highest BCUT2D eigenvalue weighted by Gasteiger charge is 2.25. The molecule has 0 radical (unpaired) electrons. The van der Waals surface area contributed by atoms with Crippen LogP contribution in [-0.2, 0) is 4.79 Å². The van der Waals surface area contributed by atoms with Crippen molar-refractivity contribution in [3.05, 3.63) is 18.3 Å². The Labute approximate surface area is 115 Å². The lowest BCUT2D eigenvalue weighted by atomic mass is 9.96. The molecule has 0 spiro atoms. The zero-order valence-corrected chi connectivity index (χ0v) is 11.6. The maximum atomic E-state index is 11.6. The lowest BCUT2D eigenvalue weighted by molar-refractivity contribution is -0.125. The molecule has 1 amide bonds. The topological polar surface area (TPSA) is 58.1 Å². The fraction of sp³-hybridized carbons (Fsp3) is 0.462. The third-order valence-electron chi connectivity index (χ3n) is 3.54. The van der Waals surface area contributed by atoms with E-state index in [4.69, 9.17) is 0 Å². The van der Waals surface area contributed by atoms with Crippen molar-refractivity contribution >= 4 is 32.7 Å². The van der Waals surface area contributed by atoms with Crippen molar-refractivity contribution in [2.45, 2.75) is 12.8 Å². The van der Waals surface area contributed by atoms with Gasteiger partial charge < -0.3 is 10.2 Å². The second-order valence-electron chi connectivity index (χ2n) is 4.70. The summed E-state index contributed by atoms with van der Waals surface area (Å²) in [5.74, 6) is 0.305. The summed E-state index contributed by atoms with van der Waals surface area (Å²) in [4.78, 5) is 23.8. The van der Waals surface area contributed by atoms with Crippen LogP contribution < -0.4 is 10.2 Å². The van der Waals surface area contributed by atoms with Crippen LogP contribution in [0.3, 0.4) is 0 Å². The Balaban J connectivity index is 1.72. The van der Waals surface area contributed by atoms with E-state index in [1.807, 2.05) is 12.1 Å². The number of nitrogens with one attached hydrogen (secondary N) is 1. The van der Waals surface area contributed by atoms with Crippen LogP contribution in [0.25, 0.3) is 10.3 Å². The predicted molar refractivity (Wildman–Crippen MR) is 76.4 cm³/mol. The molecule has 3 heterocycles. The van der Waals surface area contributed by atoms with Crippen LogP contribution in [0.1, 0.15) is 12.8 Å². The number of carbonyl (C=O) groups is 1. The summed E-state index contributed by atoms with van der Waals surface area (Å²) < 4.78 is 0. The van der Waals surface area contributed by atoms with Crippen LogP contribution in [0.4, 0.5) is 5.13 Å². The molecule has 3 rings (SSSR count). The molecule has 0 bridgehead atoms. The number of aromatic nitrogens is 2. The molecule has 0 unspecified atom stereocenters. The standard InChI is InChI=1S/C13H16N4OS/c1-14-11(18)9-4-7-17(8-5-9)13-16-10-3-2-6-15-12(10)19-13/h2-3,6,9H,4-5,7-8H2,1H3,(H,14,18). The summed E-state index contributed by atoms with van der Waals surface area (Å²) in [6.45, 7) is 1.77. The van der Waals surface area contributed by atoms with E-state index in [1.165, 1.54) is 0 Å². The summed E-state index contributed by atoms with van der Waals surface area (Å²) in [5, 5.41) is 3.75. The van der Waals surface area contributed by atoms with Gasteiger partial charge in [-0.1, -0.05) is 11.3 Å². The Morgan fingerprint density at radius 2 is 2.26 bits per heavy atom. The lowest BCUT2D eigenvalue weighted by Gasteiger charge is -2.30. The number of pyridine rings is 1. The highest BCUT2D eigenvalue weighted by molar-refractivity contribution is 7.21. The molecular formula is C13H16N4OS. The van der Waals surface area contributed by atoms with E-state index in [2.05, 4.69) is 20.2 Å². The first-order chi connectivity index (χ1) is 9.28. The van der Waals surface area contributed by atoms with Gasteiger partial charge in [0.05, 0.1) is 0 Å². The average molecular weight is 276 g/mol. The summed E-state index contributed by atoms with van der Waals surface area (Å²) in [6.07, 6.45) is 3.58. The molecule has 2 aromatic heterocycles. The molecule has 1 saturated heterocycles. The predicted octanol–water partition coefficient (Wildman–Crippen LogP) is 1.65. The van der Waals surface area contributed by atoms with Crippen molar-refractivity contribution in [2.24, 2.45) is 5.92 Å². The van der Waals surface area contributed by atoms with Crippen LogP contribution in [0.5, 0.6) is 0 Å². The van der Waals surface area contributed by atoms with Gasteiger partial charge in [0.25, 0.3) is 0 Å². The van der Waals surface area contributed by atoms with E-state index in [1.54, 1.807) is 24.6 Å². The minimum Gasteiger partial charge on any atom is -0.359 e. The van der Waals surface area contributed by atoms with E-state index in [0.29, 0.717) is 0 Å². The fourth-order valence-electron chi connectivity index (χ4n) is 2.43. The highest BCUT2D eigenvalue weighted by atomic mass is 32.1. The van der Waals surface area contributed by atoms with Crippen LogP contribution in [0.2, 0.25) is 0 Å². The molecule has 0 aromatic carbocycles. The van der Waals surface area contributed by atoms with Gasteiger partial charge in [0, 0.05) is 32.3 Å². The molecule has 0 aliphatic carbocycles. The van der Waals surface area contributed by atoms with Crippen LogP contribution in [-0.4, -0.2) is 36.0 Å². The highest BCUT2D eigenvalue weighted by Crippen LogP contribution is 2.30. The van der Waals surface area contributed by atoms with Gasteiger partial charge in [-0.25, -0.2) is 9.97 Å². The minimum atomic E-state index is 0.147. The molecule has 19 heavy (non-hydrogen) atoms. The lowest BCUT2D eigenvalue weighted by Crippen LogP contribution is -2.39. The van der Waals surface area contributed by atoms with Gasteiger partial charge in [-0.3, -0.25) is 4.79 Å². The number of rotatable bonds is 2. The van der Waals surface area contributed by atoms with Crippen LogP contribution in [0, 0.1) is 5.92 Å². The van der Waals surface area contributed by atoms with Crippen molar-refractivity contribution in [1.82, 2.24) is 15.3 Å². The molecule has 100 valence electrons. The third-order valence-corrected chi connectivity index (χ3v) is 4.58. The Kier molecular flexibility index (Phi) is 3.33. The molecule has 1 fully saturated rings. The third kappa shape index (κ3) is 2.40. The van der Waals surface area contributed by atoms with Crippen LogP contribution in [0.15, 0.2) is 18.3 Å². The van der Waals surface area contributed by atoms with E-state index >= 15 is 0 Å². The first kappa shape index (κ1) is 12.3. The summed E-state index contributed by atoms with van der Waals surface area (Å²) >= 11 is 1.62. The van der Waals surface area contributed by atoms with E-state index in [9.17, 15) is 4.79 Å². The van der Waals surface area contributed by atoms with Crippen LogP contribution >= 0.6 is 11.3 Å². The fourth-order valence-corrected chi connectivity index (χ4v) is 3.39. The average Bonchev–Trinajstić information content (AvgIpc) is 2.90. The number of thiazole rings is 1.